The predicted molar refractivity (Wildman–Crippen MR) is 79.5 cm³/mol. The van der Waals surface area contributed by atoms with Crippen molar-refractivity contribution >= 4 is 21.9 Å². The highest BCUT2D eigenvalue weighted by molar-refractivity contribution is 9.10. The average Bonchev–Trinajstić information content (AvgIpc) is 2.57. The minimum atomic E-state index is -0.319. The van der Waals surface area contributed by atoms with Gasteiger partial charge in [-0.2, -0.15) is 0 Å². The Bertz CT molecular complexity index is 515. The molecule has 0 bridgehead atoms. The molecule has 1 unspecified atom stereocenters. The van der Waals surface area contributed by atoms with Gasteiger partial charge in [-0.05, 0) is 30.5 Å². The molecule has 5 heteroatoms. The molecule has 0 saturated carbocycles. The quantitative estimate of drug-likeness (QED) is 0.926. The van der Waals surface area contributed by atoms with Gasteiger partial charge in [-0.1, -0.05) is 35.8 Å². The summed E-state index contributed by atoms with van der Waals surface area (Å²) in [5.74, 6) is 0.791. The molecule has 2 N–H and O–H groups in total. The zero-order chi connectivity index (χ0) is 14.2. The van der Waals surface area contributed by atoms with Crippen LogP contribution in [0, 0.1) is 11.7 Å². The van der Waals surface area contributed by atoms with Gasteiger partial charge in [0.2, 0.25) is 0 Å². The van der Waals surface area contributed by atoms with Crippen LogP contribution in [0.15, 0.2) is 27.7 Å². The van der Waals surface area contributed by atoms with E-state index in [4.69, 9.17) is 5.73 Å². The van der Waals surface area contributed by atoms with Crippen molar-refractivity contribution in [2.24, 2.45) is 16.6 Å². The number of hydrogen-bond acceptors (Lipinski definition) is 3. The summed E-state index contributed by atoms with van der Waals surface area (Å²) in [4.78, 5) is 6.48. The number of benzene rings is 1. The lowest BCUT2D eigenvalue weighted by molar-refractivity contribution is 0.203. The second kappa shape index (κ2) is 5.12. The normalized spacial score (nSPS) is 23.1. The van der Waals surface area contributed by atoms with Gasteiger partial charge in [-0.3, -0.25) is 4.99 Å². The van der Waals surface area contributed by atoms with Crippen molar-refractivity contribution in [1.29, 1.82) is 0 Å². The highest BCUT2D eigenvalue weighted by Crippen LogP contribution is 2.37. The fraction of sp³-hybridized carbons (Fsp3) is 0.500. The molecule has 0 radical (unpaired) electrons. The summed E-state index contributed by atoms with van der Waals surface area (Å²) in [6.45, 7) is 7.81. The molecule has 1 aromatic rings. The maximum Gasteiger partial charge on any atom is 0.192 e. The molecule has 1 aliphatic rings. The maximum absolute atomic E-state index is 13.2. The van der Waals surface area contributed by atoms with E-state index in [9.17, 15) is 4.39 Å². The molecule has 0 amide bonds. The number of guanidine groups is 1. The van der Waals surface area contributed by atoms with Gasteiger partial charge in [-0.15, -0.1) is 0 Å². The van der Waals surface area contributed by atoms with E-state index < -0.39 is 0 Å². The van der Waals surface area contributed by atoms with E-state index in [0.717, 1.165) is 16.6 Å². The average molecular weight is 328 g/mol. The van der Waals surface area contributed by atoms with E-state index in [1.54, 1.807) is 6.07 Å². The number of halogens is 2. The lowest BCUT2D eigenvalue weighted by Crippen LogP contribution is -2.49. The van der Waals surface area contributed by atoms with Gasteiger partial charge in [0.1, 0.15) is 5.82 Å². The summed E-state index contributed by atoms with van der Waals surface area (Å²) in [6, 6.07) is 4.77. The summed E-state index contributed by atoms with van der Waals surface area (Å²) in [5.41, 5.74) is 6.70. The number of aliphatic imine (C=N–C) groups is 1. The third-order valence-corrected chi connectivity index (χ3v) is 4.14. The van der Waals surface area contributed by atoms with Crippen LogP contribution in [-0.4, -0.2) is 23.9 Å². The Balaban J connectivity index is 2.41. The minimum Gasteiger partial charge on any atom is -0.370 e. The van der Waals surface area contributed by atoms with Crippen molar-refractivity contribution in [2.45, 2.75) is 26.3 Å². The second-order valence-electron chi connectivity index (χ2n) is 5.58. The smallest absolute Gasteiger partial charge is 0.192 e. The first-order valence-corrected chi connectivity index (χ1v) is 7.17. The summed E-state index contributed by atoms with van der Waals surface area (Å²) < 4.78 is 14.0. The van der Waals surface area contributed by atoms with Crippen molar-refractivity contribution < 1.29 is 4.39 Å². The molecule has 1 aliphatic heterocycles. The van der Waals surface area contributed by atoms with Crippen LogP contribution in [0.3, 0.4) is 0 Å². The number of nitrogens with two attached hydrogens (primary N) is 1. The van der Waals surface area contributed by atoms with Crippen LogP contribution >= 0.6 is 15.9 Å². The maximum atomic E-state index is 13.2. The SMILES string of the molecule is CC(C)CN1C(N)=NCC1(C)c1ccc(F)cc1Br. The molecule has 1 heterocycles. The largest absolute Gasteiger partial charge is 0.370 e. The summed E-state index contributed by atoms with van der Waals surface area (Å²) in [6.07, 6.45) is 0. The zero-order valence-corrected chi connectivity index (χ0v) is 13.0. The molecule has 0 fully saturated rings. The number of nitrogens with zero attached hydrogens (tertiary/aromatic N) is 2. The van der Waals surface area contributed by atoms with Crippen molar-refractivity contribution in [3.8, 4) is 0 Å². The van der Waals surface area contributed by atoms with Crippen molar-refractivity contribution in [3.63, 3.8) is 0 Å². The molecule has 3 nitrogen and oxygen atoms in total. The third kappa shape index (κ3) is 2.61. The van der Waals surface area contributed by atoms with Crippen molar-refractivity contribution in [2.75, 3.05) is 13.1 Å². The zero-order valence-electron chi connectivity index (χ0n) is 11.5. The Morgan fingerprint density at radius 3 is 2.79 bits per heavy atom. The molecule has 1 aromatic carbocycles. The Kier molecular flexibility index (Phi) is 3.85. The van der Waals surface area contributed by atoms with Gasteiger partial charge < -0.3 is 10.6 Å². The first-order chi connectivity index (χ1) is 8.84. The molecule has 0 saturated heterocycles. The number of hydrogen-bond donors (Lipinski definition) is 1. The summed E-state index contributed by atoms with van der Waals surface area (Å²) in [5, 5.41) is 0. The fourth-order valence-electron chi connectivity index (χ4n) is 2.48. The molecule has 1 atom stereocenters. The van der Waals surface area contributed by atoms with Crippen molar-refractivity contribution in [1.82, 2.24) is 4.90 Å². The van der Waals surface area contributed by atoms with Crippen LogP contribution in [0.1, 0.15) is 26.3 Å². The van der Waals surface area contributed by atoms with Gasteiger partial charge >= 0.3 is 0 Å². The summed E-state index contributed by atoms with van der Waals surface area (Å²) >= 11 is 3.45. The molecule has 0 spiro atoms. The molecule has 0 aromatic heterocycles. The molecular formula is C14H19BrFN3. The number of rotatable bonds is 3. The lowest BCUT2D eigenvalue weighted by Gasteiger charge is -2.38. The van der Waals surface area contributed by atoms with E-state index in [0.29, 0.717) is 18.4 Å². The van der Waals surface area contributed by atoms with Gasteiger partial charge in [0, 0.05) is 11.0 Å². The monoisotopic (exact) mass is 327 g/mol. The Hall–Kier alpha value is -1.10. The van der Waals surface area contributed by atoms with E-state index in [2.05, 4.69) is 46.6 Å². The van der Waals surface area contributed by atoms with Gasteiger partial charge in [0.25, 0.3) is 0 Å². The summed E-state index contributed by atoms with van der Waals surface area (Å²) in [7, 11) is 0. The van der Waals surface area contributed by atoms with Gasteiger partial charge in [0.15, 0.2) is 5.96 Å². The predicted octanol–water partition coefficient (Wildman–Crippen LogP) is 3.09. The van der Waals surface area contributed by atoms with E-state index in [1.165, 1.54) is 12.1 Å². The van der Waals surface area contributed by atoms with Crippen LogP contribution in [0.5, 0.6) is 0 Å². The Labute approximate surface area is 121 Å². The van der Waals surface area contributed by atoms with Crippen LogP contribution < -0.4 is 5.73 Å². The van der Waals surface area contributed by atoms with E-state index in [-0.39, 0.29) is 11.4 Å². The third-order valence-electron chi connectivity index (χ3n) is 3.48. The van der Waals surface area contributed by atoms with Gasteiger partial charge in [-0.25, -0.2) is 4.39 Å². The molecule has 19 heavy (non-hydrogen) atoms. The minimum absolute atomic E-state index is 0.249. The Morgan fingerprint density at radius 2 is 2.21 bits per heavy atom. The fourth-order valence-corrected chi connectivity index (χ4v) is 3.25. The molecule has 104 valence electrons. The molecule has 2 rings (SSSR count). The molecule has 0 aliphatic carbocycles. The first kappa shape index (κ1) is 14.3. The van der Waals surface area contributed by atoms with Crippen LogP contribution in [-0.2, 0) is 5.54 Å². The van der Waals surface area contributed by atoms with Gasteiger partial charge in [0.05, 0.1) is 12.1 Å². The van der Waals surface area contributed by atoms with E-state index >= 15 is 0 Å². The lowest BCUT2D eigenvalue weighted by atomic mass is 9.90. The molecular weight excluding hydrogens is 309 g/mol. The standard InChI is InChI=1S/C14H19BrFN3/c1-9(2)7-19-13(17)18-8-14(19,3)11-5-4-10(16)6-12(11)15/h4-6,9H,7-8H2,1-3H3,(H2,17,18). The van der Waals surface area contributed by atoms with Crippen LogP contribution in [0.25, 0.3) is 0 Å². The van der Waals surface area contributed by atoms with Crippen LogP contribution in [0.2, 0.25) is 0 Å². The second-order valence-corrected chi connectivity index (χ2v) is 6.43. The van der Waals surface area contributed by atoms with Crippen LogP contribution in [0.4, 0.5) is 4.39 Å². The first-order valence-electron chi connectivity index (χ1n) is 6.37. The highest BCUT2D eigenvalue weighted by Gasteiger charge is 2.40. The topological polar surface area (TPSA) is 41.6 Å². The highest BCUT2D eigenvalue weighted by atomic mass is 79.9. The Morgan fingerprint density at radius 1 is 1.53 bits per heavy atom. The van der Waals surface area contributed by atoms with E-state index in [1.807, 2.05) is 0 Å². The van der Waals surface area contributed by atoms with Crippen molar-refractivity contribution in [3.05, 3.63) is 34.1 Å².